The first-order chi connectivity index (χ1) is 17.2. The zero-order chi connectivity index (χ0) is 27.9. The summed E-state index contributed by atoms with van der Waals surface area (Å²) in [5.41, 5.74) is 8.86. The molecule has 37 heavy (non-hydrogen) atoms. The number of alkyl halides is 1. The molecule has 0 aliphatic heterocycles. The topological polar surface area (TPSA) is 131 Å². The van der Waals surface area contributed by atoms with Gasteiger partial charge in [0.25, 0.3) is 5.91 Å². The number of amides is 2. The number of nitrogens with one attached hydrogen (secondary N) is 1. The second-order valence-corrected chi connectivity index (χ2v) is 13.6. The number of ether oxygens (including phenoxy) is 1. The lowest BCUT2D eigenvalue weighted by Gasteiger charge is -2.43. The lowest BCUT2D eigenvalue weighted by Crippen LogP contribution is -2.46. The average Bonchev–Trinajstić information content (AvgIpc) is 2.78. The van der Waals surface area contributed by atoms with Crippen LogP contribution >= 0.6 is 10.0 Å². The fourth-order valence-electron chi connectivity index (χ4n) is 3.53. The summed E-state index contributed by atoms with van der Waals surface area (Å²) in [4.78, 5) is 25.5. The fourth-order valence-corrected chi connectivity index (χ4v) is 4.65. The molecule has 2 aromatic carbocycles. The summed E-state index contributed by atoms with van der Waals surface area (Å²) in [7, 11) is -0.0542. The van der Waals surface area contributed by atoms with Gasteiger partial charge in [-0.1, -0.05) is 24.3 Å². The van der Waals surface area contributed by atoms with Crippen molar-refractivity contribution in [1.82, 2.24) is 10.1 Å². The van der Waals surface area contributed by atoms with E-state index in [1.807, 2.05) is 18.8 Å². The Morgan fingerprint density at radius 3 is 2.32 bits per heavy atom. The lowest BCUT2D eigenvalue weighted by molar-refractivity contribution is -0.146. The van der Waals surface area contributed by atoms with Crippen molar-refractivity contribution in [1.29, 1.82) is 0 Å². The van der Waals surface area contributed by atoms with Crippen LogP contribution in [0, 0.1) is 11.0 Å². The molecule has 0 heterocycles. The zero-order valence-electron chi connectivity index (χ0n) is 21.6. The van der Waals surface area contributed by atoms with Gasteiger partial charge in [-0.25, -0.2) is 18.8 Å². The Hall–Kier alpha value is -2.77. The van der Waals surface area contributed by atoms with E-state index in [-0.39, 0.29) is 18.9 Å². The maximum Gasteiger partial charge on any atom is 0.253 e. The van der Waals surface area contributed by atoms with Gasteiger partial charge >= 0.3 is 0 Å². The van der Waals surface area contributed by atoms with Crippen molar-refractivity contribution < 1.29 is 28.2 Å². The van der Waals surface area contributed by atoms with Crippen LogP contribution in [0.3, 0.4) is 0 Å². The molecular formula is C25H35F2N4O5S-. The van der Waals surface area contributed by atoms with E-state index in [2.05, 4.69) is 5.43 Å². The van der Waals surface area contributed by atoms with Crippen molar-refractivity contribution in [3.63, 3.8) is 0 Å². The Labute approximate surface area is 217 Å². The standard InChI is InChI=1S/C25H35F2N4O5S/c1-16(26)14-36-15-17-6-8-18(9-7-17)24(30(2)25(34)21(32)13-23(28)33)31(35)29-19-10-11-22(20(27)12-19)37(3,4)5/h6-12,16,21,24,29,32H,13-15H2,1-5H3,(H2,28,33)/q-1. The smallest absolute Gasteiger partial charge is 0.253 e. The molecule has 12 heteroatoms. The van der Waals surface area contributed by atoms with Gasteiger partial charge in [0.15, 0.2) is 0 Å². The number of hydrogen-bond acceptors (Lipinski definition) is 7. The minimum Gasteiger partial charge on any atom is -0.766 e. The average molecular weight is 542 g/mol. The van der Waals surface area contributed by atoms with Gasteiger partial charge in [0.2, 0.25) is 5.91 Å². The number of aliphatic hydroxyl groups is 1. The van der Waals surface area contributed by atoms with Crippen molar-refractivity contribution in [2.75, 3.05) is 37.8 Å². The maximum absolute atomic E-state index is 14.7. The van der Waals surface area contributed by atoms with Gasteiger partial charge in [0.1, 0.15) is 24.3 Å². The number of likely N-dealkylation sites (N-methyl/N-ethyl adjacent to an activating group) is 1. The SMILES string of the molecule is CC(F)COCc1ccc(C(N([O-])Nc2ccc(S(C)(C)C)c(F)c2)N(C)C(=O)C(O)CC(N)=O)cc1. The zero-order valence-corrected chi connectivity index (χ0v) is 22.4. The first-order valence-electron chi connectivity index (χ1n) is 11.4. The van der Waals surface area contributed by atoms with Crippen LogP contribution in [-0.4, -0.2) is 71.7 Å². The minimum atomic E-state index is -1.75. The molecule has 0 radical (unpaired) electrons. The van der Waals surface area contributed by atoms with Crippen LogP contribution in [0.4, 0.5) is 14.5 Å². The van der Waals surface area contributed by atoms with Gasteiger partial charge in [0.05, 0.1) is 25.3 Å². The van der Waals surface area contributed by atoms with Crippen LogP contribution in [0.2, 0.25) is 0 Å². The van der Waals surface area contributed by atoms with E-state index in [9.17, 15) is 28.7 Å². The Balaban J connectivity index is 2.33. The molecule has 206 valence electrons. The van der Waals surface area contributed by atoms with E-state index >= 15 is 0 Å². The van der Waals surface area contributed by atoms with Crippen molar-refractivity contribution in [2.24, 2.45) is 5.73 Å². The Morgan fingerprint density at radius 2 is 1.81 bits per heavy atom. The second-order valence-electron chi connectivity index (χ2n) is 9.47. The first kappa shape index (κ1) is 30.5. The van der Waals surface area contributed by atoms with E-state index in [4.69, 9.17) is 10.5 Å². The summed E-state index contributed by atoms with van der Waals surface area (Å²) in [6.07, 6.45) is 1.04. The molecule has 0 aliphatic carbocycles. The Bertz CT molecular complexity index is 1070. The van der Waals surface area contributed by atoms with E-state index in [0.717, 1.165) is 4.90 Å². The molecule has 4 N–H and O–H groups in total. The first-order valence-corrected chi connectivity index (χ1v) is 14.3. The molecule has 0 bridgehead atoms. The van der Waals surface area contributed by atoms with Crippen LogP contribution < -0.4 is 11.2 Å². The Kier molecular flexibility index (Phi) is 10.8. The summed E-state index contributed by atoms with van der Waals surface area (Å²) >= 11 is 0. The molecule has 0 aliphatic rings. The Morgan fingerprint density at radius 1 is 1.19 bits per heavy atom. The van der Waals surface area contributed by atoms with Crippen LogP contribution in [0.1, 0.15) is 30.6 Å². The number of carbonyl (C=O) groups excluding carboxylic acids is 2. The molecule has 9 nitrogen and oxygen atoms in total. The van der Waals surface area contributed by atoms with Gasteiger partial charge < -0.3 is 31.1 Å². The summed E-state index contributed by atoms with van der Waals surface area (Å²) in [6, 6.07) is 10.8. The van der Waals surface area contributed by atoms with Crippen molar-refractivity contribution in [3.8, 4) is 0 Å². The third kappa shape index (κ3) is 8.93. The minimum absolute atomic E-state index is 0.0658. The number of hydrogen-bond donors (Lipinski definition) is 3. The highest BCUT2D eigenvalue weighted by molar-refractivity contribution is 8.32. The molecule has 0 saturated carbocycles. The second kappa shape index (κ2) is 13.2. The van der Waals surface area contributed by atoms with E-state index in [1.165, 1.54) is 20.0 Å². The highest BCUT2D eigenvalue weighted by atomic mass is 32.3. The number of aliphatic hydroxyl groups excluding tert-OH is 1. The third-order valence-electron chi connectivity index (χ3n) is 5.34. The van der Waals surface area contributed by atoms with Gasteiger partial charge in [0, 0.05) is 11.9 Å². The van der Waals surface area contributed by atoms with Gasteiger partial charge in [-0.2, -0.15) is 0 Å². The number of nitrogens with zero attached hydrogens (tertiary/aromatic N) is 2. The number of primary amides is 1. The van der Waals surface area contributed by atoms with Gasteiger partial charge in [-0.3, -0.25) is 14.8 Å². The molecule has 0 saturated heterocycles. The molecular weight excluding hydrogens is 506 g/mol. The van der Waals surface area contributed by atoms with Crippen molar-refractivity contribution in [3.05, 3.63) is 64.6 Å². The van der Waals surface area contributed by atoms with Crippen molar-refractivity contribution >= 4 is 27.5 Å². The highest BCUT2D eigenvalue weighted by Crippen LogP contribution is 2.46. The molecule has 3 atom stereocenters. The summed E-state index contributed by atoms with van der Waals surface area (Å²) < 4.78 is 33.0. The highest BCUT2D eigenvalue weighted by Gasteiger charge is 2.29. The fraction of sp³-hybridized carbons (Fsp3) is 0.440. The number of halogens is 2. The number of rotatable bonds is 13. The van der Waals surface area contributed by atoms with E-state index in [0.29, 0.717) is 21.2 Å². The predicted octanol–water partition coefficient (Wildman–Crippen LogP) is 3.27. The number of hydroxylamine groups is 1. The van der Waals surface area contributed by atoms with Crippen LogP contribution in [0.25, 0.3) is 0 Å². The molecule has 2 amide bonds. The normalized spacial score (nSPS) is 14.6. The lowest BCUT2D eigenvalue weighted by atomic mass is 10.1. The summed E-state index contributed by atoms with van der Waals surface area (Å²) in [6.45, 7) is 1.46. The van der Waals surface area contributed by atoms with E-state index < -0.39 is 52.5 Å². The molecule has 0 aromatic heterocycles. The summed E-state index contributed by atoms with van der Waals surface area (Å²) in [5, 5.41) is 23.8. The number of benzene rings is 2. The summed E-state index contributed by atoms with van der Waals surface area (Å²) in [5.74, 6) is -2.26. The molecule has 3 unspecified atom stereocenters. The quantitative estimate of drug-likeness (QED) is 0.262. The number of anilines is 1. The van der Waals surface area contributed by atoms with E-state index in [1.54, 1.807) is 36.4 Å². The largest absolute Gasteiger partial charge is 0.766 e. The van der Waals surface area contributed by atoms with Gasteiger partial charge in [-0.15, -0.1) is 0 Å². The molecule has 2 aromatic rings. The van der Waals surface area contributed by atoms with Crippen LogP contribution in [0.15, 0.2) is 47.4 Å². The number of carbonyl (C=O) groups is 2. The third-order valence-corrected chi connectivity index (χ3v) is 6.99. The monoisotopic (exact) mass is 541 g/mol. The predicted molar refractivity (Wildman–Crippen MR) is 141 cm³/mol. The molecule has 0 fully saturated rings. The maximum atomic E-state index is 14.7. The molecule has 0 spiro atoms. The number of nitrogens with two attached hydrogens (primary N) is 1. The van der Waals surface area contributed by atoms with Gasteiger partial charge in [-0.05, 0) is 55.0 Å². The van der Waals surface area contributed by atoms with Crippen molar-refractivity contribution in [2.45, 2.75) is 43.3 Å². The number of hydrazine groups is 1. The molecule has 2 rings (SSSR count). The van der Waals surface area contributed by atoms with Crippen LogP contribution in [0.5, 0.6) is 0 Å². The van der Waals surface area contributed by atoms with Crippen LogP contribution in [-0.2, 0) is 20.9 Å².